The summed E-state index contributed by atoms with van der Waals surface area (Å²) >= 11 is 0. The maximum Gasteiger partial charge on any atom is 0.131 e. The lowest BCUT2D eigenvalue weighted by molar-refractivity contribution is 0.0493. The molecule has 1 fully saturated rings. The summed E-state index contributed by atoms with van der Waals surface area (Å²) in [4.78, 5) is 4.66. The predicted molar refractivity (Wildman–Crippen MR) is 107 cm³/mol. The Hall–Kier alpha value is -1.96. The van der Waals surface area contributed by atoms with Crippen molar-refractivity contribution in [2.45, 2.75) is 45.4 Å². The van der Waals surface area contributed by atoms with E-state index in [2.05, 4.69) is 34.9 Å². The van der Waals surface area contributed by atoms with Crippen LogP contribution in [0.3, 0.4) is 0 Å². The molecule has 0 unspecified atom stereocenters. The van der Waals surface area contributed by atoms with Crippen molar-refractivity contribution in [1.82, 2.24) is 19.6 Å². The van der Waals surface area contributed by atoms with E-state index >= 15 is 0 Å². The molecule has 2 heterocycles. The summed E-state index contributed by atoms with van der Waals surface area (Å²) in [6.07, 6.45) is 4.71. The Labute approximate surface area is 166 Å². The Balaban J connectivity index is 1.63. The Morgan fingerprint density at radius 2 is 2.11 bits per heavy atom. The molecule has 0 amide bonds. The summed E-state index contributed by atoms with van der Waals surface area (Å²) in [5.41, 5.74) is 1.86. The number of aliphatic hydroxyl groups is 1. The highest BCUT2D eigenvalue weighted by Crippen LogP contribution is 2.22. The number of methoxy groups -OCH3 is 1. The second-order valence-corrected chi connectivity index (χ2v) is 7.75. The first-order valence-electron chi connectivity index (χ1n) is 9.93. The van der Waals surface area contributed by atoms with Crippen LogP contribution in [-0.2, 0) is 13.1 Å². The van der Waals surface area contributed by atoms with E-state index in [-0.39, 0.29) is 18.5 Å². The highest BCUT2D eigenvalue weighted by Gasteiger charge is 2.27. The fraction of sp³-hybridized carbons (Fsp3) is 0.571. The molecule has 2 aromatic rings. The highest BCUT2D eigenvalue weighted by molar-refractivity contribution is 5.29. The third-order valence-corrected chi connectivity index (χ3v) is 5.38. The number of halogens is 1. The number of piperazine rings is 1. The van der Waals surface area contributed by atoms with Crippen molar-refractivity contribution in [3.05, 3.63) is 47.5 Å². The summed E-state index contributed by atoms with van der Waals surface area (Å²) in [6.45, 7) is 8.35. The normalized spacial score (nSPS) is 18.7. The van der Waals surface area contributed by atoms with Gasteiger partial charge in [-0.25, -0.2) is 4.39 Å². The molecule has 0 saturated carbocycles. The van der Waals surface area contributed by atoms with Crippen molar-refractivity contribution in [2.75, 3.05) is 33.4 Å². The Morgan fingerprint density at radius 3 is 2.75 bits per heavy atom. The van der Waals surface area contributed by atoms with E-state index in [4.69, 9.17) is 4.74 Å². The molecule has 28 heavy (non-hydrogen) atoms. The summed E-state index contributed by atoms with van der Waals surface area (Å²) in [7, 11) is 1.54. The zero-order valence-corrected chi connectivity index (χ0v) is 17.0. The van der Waals surface area contributed by atoms with Crippen LogP contribution in [0.2, 0.25) is 0 Å². The highest BCUT2D eigenvalue weighted by atomic mass is 19.1. The van der Waals surface area contributed by atoms with Crippen LogP contribution in [0.1, 0.15) is 37.4 Å². The van der Waals surface area contributed by atoms with E-state index in [9.17, 15) is 9.50 Å². The van der Waals surface area contributed by atoms with Crippen molar-refractivity contribution in [1.29, 1.82) is 0 Å². The van der Waals surface area contributed by atoms with Crippen LogP contribution in [0, 0.1) is 5.82 Å². The first-order chi connectivity index (χ1) is 13.5. The van der Waals surface area contributed by atoms with Gasteiger partial charge in [-0.05, 0) is 26.3 Å². The largest absolute Gasteiger partial charge is 0.497 e. The van der Waals surface area contributed by atoms with Gasteiger partial charge in [-0.3, -0.25) is 14.5 Å². The van der Waals surface area contributed by atoms with Crippen molar-refractivity contribution < 1.29 is 14.2 Å². The molecule has 1 aromatic carbocycles. The number of nitrogens with zero attached hydrogens (tertiary/aromatic N) is 4. The molecule has 1 atom stereocenters. The number of ether oxygens (including phenoxy) is 1. The monoisotopic (exact) mass is 390 g/mol. The third-order valence-electron chi connectivity index (χ3n) is 5.38. The van der Waals surface area contributed by atoms with Crippen LogP contribution in [0.4, 0.5) is 4.39 Å². The Kier molecular flexibility index (Phi) is 7.04. The number of aromatic nitrogens is 2. The number of hydrogen-bond donors (Lipinski definition) is 1. The second-order valence-electron chi connectivity index (χ2n) is 7.75. The topological polar surface area (TPSA) is 53.8 Å². The van der Waals surface area contributed by atoms with E-state index in [1.165, 1.54) is 18.7 Å². The molecule has 154 valence electrons. The summed E-state index contributed by atoms with van der Waals surface area (Å²) in [6, 6.07) is 5.56. The maximum absolute atomic E-state index is 14.4. The molecular formula is C21H31FN4O2. The number of benzene rings is 1. The Bertz CT molecular complexity index is 765. The molecule has 1 aliphatic rings. The molecule has 1 aliphatic heterocycles. The molecule has 1 N–H and O–H groups in total. The van der Waals surface area contributed by atoms with Crippen LogP contribution in [0.5, 0.6) is 5.75 Å². The van der Waals surface area contributed by atoms with Crippen LogP contribution < -0.4 is 4.74 Å². The molecule has 6 nitrogen and oxygen atoms in total. The third kappa shape index (κ3) is 5.10. The lowest BCUT2D eigenvalue weighted by atomic mass is 10.1. The zero-order chi connectivity index (χ0) is 20.1. The van der Waals surface area contributed by atoms with Crippen molar-refractivity contribution in [3.63, 3.8) is 0 Å². The second kappa shape index (κ2) is 9.49. The minimum Gasteiger partial charge on any atom is -0.497 e. The lowest BCUT2D eigenvalue weighted by Crippen LogP contribution is -2.52. The van der Waals surface area contributed by atoms with Crippen LogP contribution in [-0.4, -0.2) is 64.1 Å². The molecule has 0 radical (unpaired) electrons. The number of aliphatic hydroxyl groups excluding tert-OH is 1. The molecule has 1 saturated heterocycles. The van der Waals surface area contributed by atoms with Gasteiger partial charge < -0.3 is 9.84 Å². The first kappa shape index (κ1) is 20.8. The number of hydrogen-bond acceptors (Lipinski definition) is 5. The lowest BCUT2D eigenvalue weighted by Gasteiger charge is -2.41. The summed E-state index contributed by atoms with van der Waals surface area (Å²) < 4.78 is 21.4. The quantitative estimate of drug-likeness (QED) is 0.751. The zero-order valence-electron chi connectivity index (χ0n) is 17.0. The van der Waals surface area contributed by atoms with Crippen molar-refractivity contribution >= 4 is 0 Å². The average molecular weight is 391 g/mol. The van der Waals surface area contributed by atoms with Crippen molar-refractivity contribution in [3.8, 4) is 5.75 Å². The van der Waals surface area contributed by atoms with Gasteiger partial charge in [-0.15, -0.1) is 0 Å². The molecule has 0 aliphatic carbocycles. The number of rotatable bonds is 8. The van der Waals surface area contributed by atoms with Gasteiger partial charge in [0.05, 0.1) is 13.3 Å². The van der Waals surface area contributed by atoms with E-state index in [1.54, 1.807) is 12.1 Å². The predicted octanol–water partition coefficient (Wildman–Crippen LogP) is 2.68. The van der Waals surface area contributed by atoms with Crippen LogP contribution >= 0.6 is 0 Å². The average Bonchev–Trinajstić information content (AvgIpc) is 3.14. The van der Waals surface area contributed by atoms with Gasteiger partial charge in [0, 0.05) is 74.8 Å². The summed E-state index contributed by atoms with van der Waals surface area (Å²) in [5.74, 6) is 0.283. The Morgan fingerprint density at radius 1 is 1.29 bits per heavy atom. The van der Waals surface area contributed by atoms with Gasteiger partial charge >= 0.3 is 0 Å². The summed E-state index contributed by atoms with van der Waals surface area (Å²) in [5, 5.41) is 13.9. The van der Waals surface area contributed by atoms with E-state index < -0.39 is 0 Å². The minimum atomic E-state index is -0.245. The molecule has 1 aromatic heterocycles. The van der Waals surface area contributed by atoms with Crippen molar-refractivity contribution in [2.24, 2.45) is 0 Å². The minimum absolute atomic E-state index is 0.130. The van der Waals surface area contributed by atoms with E-state index in [1.807, 2.05) is 10.9 Å². The van der Waals surface area contributed by atoms with Gasteiger partial charge in [-0.2, -0.15) is 5.10 Å². The maximum atomic E-state index is 14.4. The van der Waals surface area contributed by atoms with E-state index in [0.29, 0.717) is 30.3 Å². The van der Waals surface area contributed by atoms with Gasteiger partial charge in [0.25, 0.3) is 0 Å². The smallest absolute Gasteiger partial charge is 0.131 e. The SMILES string of the molecule is COc1ccc(CN2CCN(Cc3cnn(C(C)C)c3)C[C@H]2CCO)c(F)c1. The van der Waals surface area contributed by atoms with Crippen LogP contribution in [0.15, 0.2) is 30.6 Å². The van der Waals surface area contributed by atoms with E-state index in [0.717, 1.165) is 26.2 Å². The van der Waals surface area contributed by atoms with Gasteiger partial charge in [0.15, 0.2) is 0 Å². The molecule has 0 spiro atoms. The van der Waals surface area contributed by atoms with Gasteiger partial charge in [0.2, 0.25) is 0 Å². The van der Waals surface area contributed by atoms with Gasteiger partial charge in [-0.1, -0.05) is 6.07 Å². The molecule has 0 bridgehead atoms. The molecule has 3 rings (SSSR count). The molecule has 7 heteroatoms. The fourth-order valence-electron chi connectivity index (χ4n) is 3.73. The first-order valence-corrected chi connectivity index (χ1v) is 9.93. The molecular weight excluding hydrogens is 359 g/mol. The fourth-order valence-corrected chi connectivity index (χ4v) is 3.73. The standard InChI is InChI=1S/C21H31FN4O2/c1-16(2)26-13-17(11-23-26)12-24-7-8-25(19(15-24)6-9-27)14-18-4-5-20(28-3)10-21(18)22/h4-5,10-11,13,16,19,27H,6-9,12,14-15H2,1-3H3/t19-/m1/s1. The van der Waals surface area contributed by atoms with Crippen LogP contribution in [0.25, 0.3) is 0 Å². The van der Waals surface area contributed by atoms with Gasteiger partial charge in [0.1, 0.15) is 11.6 Å².